The Morgan fingerprint density at radius 2 is 2.15 bits per heavy atom. The standard InChI is InChI=1S/C12H11N5O3/c18-10(14-12(4-5-12)11(19)20)8-2-1-3-9(6-8)17-7-13-15-16-17/h1-3,6-7H,4-5H2,(H,14,18)(H,19,20). The average molecular weight is 273 g/mol. The second-order valence-electron chi connectivity index (χ2n) is 4.65. The molecule has 1 aromatic carbocycles. The van der Waals surface area contributed by atoms with E-state index in [0.717, 1.165) is 0 Å². The van der Waals surface area contributed by atoms with E-state index >= 15 is 0 Å². The predicted octanol–water partition coefficient (Wildman–Crippen LogP) is 0.00930. The number of carbonyl (C=O) groups excluding carboxylic acids is 1. The van der Waals surface area contributed by atoms with Crippen molar-refractivity contribution in [3.63, 3.8) is 0 Å². The molecule has 102 valence electrons. The van der Waals surface area contributed by atoms with Crippen LogP contribution in [-0.2, 0) is 4.79 Å². The summed E-state index contributed by atoms with van der Waals surface area (Å²) in [5, 5.41) is 22.4. The number of aliphatic carboxylic acids is 1. The number of carboxylic acids is 1. The van der Waals surface area contributed by atoms with Gasteiger partial charge in [0.1, 0.15) is 11.9 Å². The van der Waals surface area contributed by atoms with Gasteiger partial charge in [0.15, 0.2) is 0 Å². The Bertz CT molecular complexity index is 663. The Balaban J connectivity index is 1.82. The smallest absolute Gasteiger partial charge is 0.329 e. The van der Waals surface area contributed by atoms with E-state index < -0.39 is 17.4 Å². The van der Waals surface area contributed by atoms with Crippen LogP contribution in [0.25, 0.3) is 5.69 Å². The normalized spacial score (nSPS) is 15.6. The lowest BCUT2D eigenvalue weighted by atomic mass is 10.1. The van der Waals surface area contributed by atoms with Gasteiger partial charge >= 0.3 is 5.97 Å². The van der Waals surface area contributed by atoms with Gasteiger partial charge in [-0.15, -0.1) is 5.10 Å². The Hall–Kier alpha value is -2.77. The molecule has 20 heavy (non-hydrogen) atoms. The SMILES string of the molecule is O=C(NC1(C(=O)O)CC1)c1cccc(-n2cnnn2)c1. The van der Waals surface area contributed by atoms with Gasteiger partial charge in [0, 0.05) is 5.56 Å². The lowest BCUT2D eigenvalue weighted by molar-refractivity contribution is -0.140. The zero-order valence-corrected chi connectivity index (χ0v) is 10.4. The van der Waals surface area contributed by atoms with Crippen LogP contribution in [0.2, 0.25) is 0 Å². The number of nitrogens with zero attached hydrogens (tertiary/aromatic N) is 4. The number of hydrogen-bond acceptors (Lipinski definition) is 5. The summed E-state index contributed by atoms with van der Waals surface area (Å²) in [4.78, 5) is 23.1. The summed E-state index contributed by atoms with van der Waals surface area (Å²) >= 11 is 0. The first kappa shape index (κ1) is 12.3. The first-order chi connectivity index (χ1) is 9.61. The van der Waals surface area contributed by atoms with Crippen LogP contribution in [0, 0.1) is 0 Å². The van der Waals surface area contributed by atoms with Crippen LogP contribution in [0.5, 0.6) is 0 Å². The van der Waals surface area contributed by atoms with Crippen LogP contribution in [0.15, 0.2) is 30.6 Å². The summed E-state index contributed by atoms with van der Waals surface area (Å²) in [7, 11) is 0. The molecule has 8 heteroatoms. The molecule has 1 saturated carbocycles. The van der Waals surface area contributed by atoms with Gasteiger partial charge < -0.3 is 10.4 Å². The lowest BCUT2D eigenvalue weighted by Gasteiger charge is -2.12. The molecular formula is C12H11N5O3. The van der Waals surface area contributed by atoms with E-state index in [4.69, 9.17) is 5.11 Å². The zero-order valence-electron chi connectivity index (χ0n) is 10.4. The number of hydrogen-bond donors (Lipinski definition) is 2. The van der Waals surface area contributed by atoms with E-state index in [1.807, 2.05) is 0 Å². The number of carboxylic acid groups (broad SMARTS) is 1. The molecule has 1 aliphatic carbocycles. The number of aromatic nitrogens is 4. The molecule has 0 bridgehead atoms. The highest BCUT2D eigenvalue weighted by molar-refractivity contribution is 5.99. The van der Waals surface area contributed by atoms with Crippen LogP contribution in [0.3, 0.4) is 0 Å². The van der Waals surface area contributed by atoms with E-state index in [0.29, 0.717) is 24.1 Å². The Labute approximate surface area is 113 Å². The van der Waals surface area contributed by atoms with Crippen molar-refractivity contribution in [3.05, 3.63) is 36.2 Å². The summed E-state index contributed by atoms with van der Waals surface area (Å²) < 4.78 is 1.42. The Morgan fingerprint density at radius 3 is 2.75 bits per heavy atom. The van der Waals surface area contributed by atoms with E-state index in [1.54, 1.807) is 24.3 Å². The monoisotopic (exact) mass is 273 g/mol. The van der Waals surface area contributed by atoms with Crippen LogP contribution >= 0.6 is 0 Å². The number of benzene rings is 1. The number of carbonyl (C=O) groups is 2. The van der Waals surface area contributed by atoms with Crippen LogP contribution < -0.4 is 5.32 Å². The maximum absolute atomic E-state index is 12.1. The van der Waals surface area contributed by atoms with Crippen molar-refractivity contribution in [1.29, 1.82) is 0 Å². The minimum atomic E-state index is -1.10. The molecule has 0 unspecified atom stereocenters. The molecule has 2 aromatic rings. The third-order valence-corrected chi connectivity index (χ3v) is 3.23. The van der Waals surface area contributed by atoms with Gasteiger partial charge in [-0.05, 0) is 41.5 Å². The summed E-state index contributed by atoms with van der Waals surface area (Å²) in [5.74, 6) is -1.41. The van der Waals surface area contributed by atoms with Crippen molar-refractivity contribution in [2.24, 2.45) is 0 Å². The van der Waals surface area contributed by atoms with Gasteiger partial charge in [-0.2, -0.15) is 0 Å². The summed E-state index contributed by atoms with van der Waals surface area (Å²) in [6.45, 7) is 0. The molecule has 8 nitrogen and oxygen atoms in total. The van der Waals surface area contributed by atoms with Crippen molar-refractivity contribution in [2.75, 3.05) is 0 Å². The van der Waals surface area contributed by atoms with Crippen LogP contribution in [0.1, 0.15) is 23.2 Å². The molecule has 3 rings (SSSR count). The van der Waals surface area contributed by atoms with Crippen molar-refractivity contribution < 1.29 is 14.7 Å². The topological polar surface area (TPSA) is 110 Å². The Morgan fingerprint density at radius 1 is 1.35 bits per heavy atom. The van der Waals surface area contributed by atoms with Gasteiger partial charge in [-0.25, -0.2) is 9.48 Å². The Kier molecular flexibility index (Phi) is 2.70. The molecule has 0 atom stereocenters. The third kappa shape index (κ3) is 2.11. The summed E-state index contributed by atoms with van der Waals surface area (Å²) in [6.07, 6.45) is 2.33. The first-order valence-electron chi connectivity index (χ1n) is 6.00. The van der Waals surface area contributed by atoms with Gasteiger partial charge in [0.05, 0.1) is 5.69 Å². The van der Waals surface area contributed by atoms with E-state index in [-0.39, 0.29) is 0 Å². The van der Waals surface area contributed by atoms with Gasteiger partial charge in [-0.1, -0.05) is 6.07 Å². The number of amides is 1. The van der Waals surface area contributed by atoms with E-state index in [1.165, 1.54) is 11.0 Å². The summed E-state index contributed by atoms with van der Waals surface area (Å²) in [5.41, 5.74) is -0.101. The summed E-state index contributed by atoms with van der Waals surface area (Å²) in [6, 6.07) is 6.65. The molecule has 0 radical (unpaired) electrons. The molecule has 0 spiro atoms. The predicted molar refractivity (Wildman–Crippen MR) is 66.2 cm³/mol. The second-order valence-corrected chi connectivity index (χ2v) is 4.65. The fourth-order valence-corrected chi connectivity index (χ4v) is 1.88. The zero-order chi connectivity index (χ0) is 14.2. The molecule has 1 heterocycles. The first-order valence-corrected chi connectivity index (χ1v) is 6.00. The maximum atomic E-state index is 12.1. The molecule has 0 aliphatic heterocycles. The quantitative estimate of drug-likeness (QED) is 0.812. The molecule has 1 fully saturated rings. The lowest BCUT2D eigenvalue weighted by Crippen LogP contribution is -2.43. The van der Waals surface area contributed by atoms with Crippen molar-refractivity contribution >= 4 is 11.9 Å². The highest BCUT2D eigenvalue weighted by Gasteiger charge is 2.51. The van der Waals surface area contributed by atoms with Crippen LogP contribution in [0.4, 0.5) is 0 Å². The molecule has 2 N–H and O–H groups in total. The fourth-order valence-electron chi connectivity index (χ4n) is 1.88. The van der Waals surface area contributed by atoms with Gasteiger partial charge in [0.25, 0.3) is 5.91 Å². The van der Waals surface area contributed by atoms with Crippen molar-refractivity contribution in [1.82, 2.24) is 25.5 Å². The maximum Gasteiger partial charge on any atom is 0.329 e. The highest BCUT2D eigenvalue weighted by atomic mass is 16.4. The van der Waals surface area contributed by atoms with E-state index in [2.05, 4.69) is 20.8 Å². The molecule has 1 aliphatic rings. The fraction of sp³-hybridized carbons (Fsp3) is 0.250. The van der Waals surface area contributed by atoms with Gasteiger partial charge in [-0.3, -0.25) is 4.79 Å². The minimum absolute atomic E-state index is 0.366. The van der Waals surface area contributed by atoms with Crippen molar-refractivity contribution in [3.8, 4) is 5.69 Å². The highest BCUT2D eigenvalue weighted by Crippen LogP contribution is 2.35. The number of nitrogens with one attached hydrogen (secondary N) is 1. The second kappa shape index (κ2) is 4.41. The third-order valence-electron chi connectivity index (χ3n) is 3.23. The average Bonchev–Trinajstić information content (AvgIpc) is 3.03. The number of tetrazole rings is 1. The molecule has 0 saturated heterocycles. The minimum Gasteiger partial charge on any atom is -0.480 e. The van der Waals surface area contributed by atoms with E-state index in [9.17, 15) is 9.59 Å². The number of rotatable bonds is 4. The largest absolute Gasteiger partial charge is 0.480 e. The van der Waals surface area contributed by atoms with Crippen molar-refractivity contribution in [2.45, 2.75) is 18.4 Å². The molecular weight excluding hydrogens is 262 g/mol. The molecule has 1 aromatic heterocycles. The molecule has 1 amide bonds. The van der Waals surface area contributed by atoms with Gasteiger partial charge in [0.2, 0.25) is 0 Å². The van der Waals surface area contributed by atoms with Crippen LogP contribution in [-0.4, -0.2) is 42.7 Å².